The van der Waals surface area contributed by atoms with Crippen molar-refractivity contribution in [1.29, 1.82) is 0 Å². The van der Waals surface area contributed by atoms with Gasteiger partial charge in [0, 0.05) is 50.4 Å². The first kappa shape index (κ1) is 19.0. The fourth-order valence-electron chi connectivity index (χ4n) is 2.90. The van der Waals surface area contributed by atoms with Crippen molar-refractivity contribution in [2.45, 2.75) is 13.1 Å². The van der Waals surface area contributed by atoms with Gasteiger partial charge in [0.2, 0.25) is 0 Å². The Morgan fingerprint density at radius 2 is 1.00 bits per heavy atom. The van der Waals surface area contributed by atoms with Gasteiger partial charge >= 0.3 is 11.8 Å². The molecule has 2 amide bonds. The molecule has 0 saturated carbocycles. The number of hydrogen-bond donors (Lipinski definition) is 0. The van der Waals surface area contributed by atoms with Gasteiger partial charge in [-0.3, -0.25) is 29.8 Å². The van der Waals surface area contributed by atoms with E-state index in [-0.39, 0.29) is 24.5 Å². The maximum Gasteiger partial charge on any atom is 0.312 e. The first-order chi connectivity index (χ1) is 13.3. The molecule has 0 N–H and O–H groups in total. The topological polar surface area (TPSA) is 127 Å². The normalized spacial score (nSPS) is 14.3. The van der Waals surface area contributed by atoms with Crippen LogP contribution >= 0.6 is 0 Å². The minimum absolute atomic E-state index is 0.0425. The number of nitrogens with zero attached hydrogens (tertiary/aromatic N) is 4. The highest BCUT2D eigenvalue weighted by molar-refractivity contribution is 6.35. The van der Waals surface area contributed by atoms with Gasteiger partial charge in [0.25, 0.3) is 11.4 Å². The van der Waals surface area contributed by atoms with E-state index in [2.05, 4.69) is 0 Å². The molecule has 1 heterocycles. The van der Waals surface area contributed by atoms with Crippen molar-refractivity contribution in [1.82, 2.24) is 9.80 Å². The molecule has 10 heteroatoms. The zero-order valence-electron chi connectivity index (χ0n) is 14.7. The van der Waals surface area contributed by atoms with Gasteiger partial charge in [0.1, 0.15) is 0 Å². The average molecular weight is 384 g/mol. The summed E-state index contributed by atoms with van der Waals surface area (Å²) < 4.78 is 0. The lowest BCUT2D eigenvalue weighted by molar-refractivity contribution is -0.385. The van der Waals surface area contributed by atoms with Gasteiger partial charge < -0.3 is 9.80 Å². The molecular formula is C18H16N4O6. The lowest BCUT2D eigenvalue weighted by Gasteiger charge is -2.33. The highest BCUT2D eigenvalue weighted by atomic mass is 16.6. The summed E-state index contributed by atoms with van der Waals surface area (Å²) >= 11 is 0. The molecule has 0 aromatic heterocycles. The number of rotatable bonds is 6. The fourth-order valence-corrected chi connectivity index (χ4v) is 2.90. The number of nitro groups is 2. The largest absolute Gasteiger partial charge is 0.328 e. The van der Waals surface area contributed by atoms with Crippen LogP contribution in [0.3, 0.4) is 0 Å². The van der Waals surface area contributed by atoms with E-state index in [0.717, 1.165) is 0 Å². The highest BCUT2D eigenvalue weighted by Gasteiger charge is 2.32. The van der Waals surface area contributed by atoms with Gasteiger partial charge in [-0.05, 0) is 11.1 Å². The van der Waals surface area contributed by atoms with Crippen molar-refractivity contribution in [3.05, 3.63) is 79.9 Å². The van der Waals surface area contributed by atoms with E-state index in [0.29, 0.717) is 24.2 Å². The Morgan fingerprint density at radius 3 is 1.29 bits per heavy atom. The van der Waals surface area contributed by atoms with Gasteiger partial charge in [-0.1, -0.05) is 24.3 Å². The van der Waals surface area contributed by atoms with Crippen LogP contribution in [0.25, 0.3) is 0 Å². The second-order valence-corrected chi connectivity index (χ2v) is 6.30. The number of amides is 2. The Balaban J connectivity index is 1.62. The molecular weight excluding hydrogens is 368 g/mol. The van der Waals surface area contributed by atoms with E-state index < -0.39 is 21.7 Å². The van der Waals surface area contributed by atoms with E-state index >= 15 is 0 Å². The summed E-state index contributed by atoms with van der Waals surface area (Å²) in [6.45, 7) is 1.03. The van der Waals surface area contributed by atoms with Crippen LogP contribution in [0.2, 0.25) is 0 Å². The Hall–Kier alpha value is -3.82. The maximum atomic E-state index is 12.4. The van der Waals surface area contributed by atoms with Crippen LogP contribution in [0, 0.1) is 20.2 Å². The average Bonchev–Trinajstić information content (AvgIpc) is 2.68. The molecule has 1 saturated heterocycles. The molecule has 3 rings (SSSR count). The van der Waals surface area contributed by atoms with Crippen LogP contribution in [-0.4, -0.2) is 44.6 Å². The molecule has 2 aromatic carbocycles. The molecule has 0 spiro atoms. The summed E-state index contributed by atoms with van der Waals surface area (Å²) in [5.41, 5.74) is 1.30. The predicted molar refractivity (Wildman–Crippen MR) is 97.0 cm³/mol. The van der Waals surface area contributed by atoms with Gasteiger partial charge in [-0.25, -0.2) is 0 Å². The summed E-state index contributed by atoms with van der Waals surface area (Å²) in [4.78, 5) is 47.9. The number of benzene rings is 2. The number of hydrogen-bond acceptors (Lipinski definition) is 6. The molecule has 0 radical (unpaired) electrons. The summed E-state index contributed by atoms with van der Waals surface area (Å²) in [7, 11) is 0. The van der Waals surface area contributed by atoms with E-state index in [1.54, 1.807) is 24.3 Å². The molecule has 0 aliphatic carbocycles. The van der Waals surface area contributed by atoms with E-state index in [4.69, 9.17) is 0 Å². The van der Waals surface area contributed by atoms with Gasteiger partial charge in [0.05, 0.1) is 9.85 Å². The first-order valence-corrected chi connectivity index (χ1v) is 8.40. The van der Waals surface area contributed by atoms with Crippen LogP contribution < -0.4 is 0 Å². The van der Waals surface area contributed by atoms with Gasteiger partial charge in [-0.15, -0.1) is 0 Å². The minimum atomic E-state index is -0.647. The molecule has 0 bridgehead atoms. The van der Waals surface area contributed by atoms with Crippen LogP contribution in [0.15, 0.2) is 48.5 Å². The Kier molecular flexibility index (Phi) is 5.30. The predicted octanol–water partition coefficient (Wildman–Crippen LogP) is 1.87. The van der Waals surface area contributed by atoms with E-state index in [1.165, 1.54) is 34.1 Å². The minimum Gasteiger partial charge on any atom is -0.328 e. The second kappa shape index (κ2) is 7.82. The second-order valence-electron chi connectivity index (χ2n) is 6.30. The maximum absolute atomic E-state index is 12.4. The molecule has 2 aromatic rings. The third kappa shape index (κ3) is 4.11. The SMILES string of the molecule is O=C1C(=O)N(Cc2ccc([N+](=O)[O-])cc2)CCN1Cc1ccc([N+](=O)[O-])cc1. The fraction of sp³-hybridized carbons (Fsp3) is 0.222. The molecule has 144 valence electrons. The van der Waals surface area contributed by atoms with Crippen LogP contribution in [0.4, 0.5) is 11.4 Å². The molecule has 0 unspecified atom stereocenters. The van der Waals surface area contributed by atoms with Gasteiger partial charge in [0.15, 0.2) is 0 Å². The quantitative estimate of drug-likeness (QED) is 0.425. The summed E-state index contributed by atoms with van der Waals surface area (Å²) in [5, 5.41) is 21.4. The molecule has 28 heavy (non-hydrogen) atoms. The van der Waals surface area contributed by atoms with Crippen LogP contribution in [-0.2, 0) is 22.7 Å². The van der Waals surface area contributed by atoms with Gasteiger partial charge in [-0.2, -0.15) is 0 Å². The third-order valence-electron chi connectivity index (χ3n) is 4.44. The number of non-ortho nitro benzene ring substituents is 2. The number of carbonyl (C=O) groups excluding carboxylic acids is 2. The van der Waals surface area contributed by atoms with Crippen molar-refractivity contribution in [3.63, 3.8) is 0 Å². The van der Waals surface area contributed by atoms with Crippen molar-refractivity contribution >= 4 is 23.2 Å². The Labute approximate surface area is 159 Å². The molecule has 1 aliphatic rings. The molecule has 1 aliphatic heterocycles. The summed E-state index contributed by atoms with van der Waals surface area (Å²) in [6, 6.07) is 11.6. The van der Waals surface area contributed by atoms with Crippen molar-refractivity contribution in [3.8, 4) is 0 Å². The summed E-state index contributed by atoms with van der Waals surface area (Å²) in [6.07, 6.45) is 0. The van der Waals surface area contributed by atoms with Crippen LogP contribution in [0.5, 0.6) is 0 Å². The highest BCUT2D eigenvalue weighted by Crippen LogP contribution is 2.18. The van der Waals surface area contributed by atoms with Crippen molar-refractivity contribution in [2.24, 2.45) is 0 Å². The molecule has 0 atom stereocenters. The Bertz CT molecular complexity index is 849. The standard InChI is InChI=1S/C18H16N4O6/c23-17-18(24)20(12-14-3-7-16(8-4-14)22(27)28)10-9-19(17)11-13-1-5-15(6-2-13)21(25)26/h1-8H,9-12H2. The van der Waals surface area contributed by atoms with Crippen LogP contribution in [0.1, 0.15) is 11.1 Å². The zero-order chi connectivity index (χ0) is 20.3. The Morgan fingerprint density at radius 1 is 0.679 bits per heavy atom. The summed E-state index contributed by atoms with van der Waals surface area (Å²) in [5.74, 6) is -1.29. The van der Waals surface area contributed by atoms with E-state index in [9.17, 15) is 29.8 Å². The first-order valence-electron chi connectivity index (χ1n) is 8.40. The lowest BCUT2D eigenvalue weighted by Crippen LogP contribution is -2.53. The van der Waals surface area contributed by atoms with Crippen molar-refractivity contribution < 1.29 is 19.4 Å². The third-order valence-corrected chi connectivity index (χ3v) is 4.44. The van der Waals surface area contributed by atoms with E-state index in [1.807, 2.05) is 0 Å². The lowest BCUT2D eigenvalue weighted by atomic mass is 10.1. The zero-order valence-corrected chi connectivity index (χ0v) is 14.7. The smallest absolute Gasteiger partial charge is 0.312 e. The number of nitro benzene ring substituents is 2. The number of piperazine rings is 1. The monoisotopic (exact) mass is 384 g/mol. The molecule has 10 nitrogen and oxygen atoms in total. The van der Waals surface area contributed by atoms with Crippen molar-refractivity contribution in [2.75, 3.05) is 13.1 Å². The molecule has 1 fully saturated rings. The number of carbonyl (C=O) groups is 2.